The monoisotopic (exact) mass is 242 g/mol. The fraction of sp³-hybridized carbons (Fsp3) is 0.750. The van der Waals surface area contributed by atoms with Crippen molar-refractivity contribution in [3.05, 3.63) is 10.6 Å². The van der Waals surface area contributed by atoms with Gasteiger partial charge in [0.2, 0.25) is 0 Å². The maximum atomic E-state index is 8.97. The lowest BCUT2D eigenvalue weighted by molar-refractivity contribution is 0.255. The van der Waals surface area contributed by atoms with Gasteiger partial charge in [0.1, 0.15) is 0 Å². The molecule has 1 heterocycles. The van der Waals surface area contributed by atoms with Gasteiger partial charge in [-0.05, 0) is 32.6 Å². The number of hydrogen-bond donors (Lipinski definition) is 2. The molecular formula is C12H22N2OS. The van der Waals surface area contributed by atoms with E-state index in [-0.39, 0.29) is 6.61 Å². The Hall–Kier alpha value is -0.610. The average Bonchev–Trinajstić information content (AvgIpc) is 2.56. The number of aliphatic hydroxyl groups is 1. The molecule has 0 amide bonds. The molecular weight excluding hydrogens is 220 g/mol. The molecule has 0 fully saturated rings. The molecule has 0 aromatic carbocycles. The van der Waals surface area contributed by atoms with Crippen LogP contribution in [0, 0.1) is 19.8 Å². The maximum absolute atomic E-state index is 8.97. The number of rotatable bonds is 7. The summed E-state index contributed by atoms with van der Waals surface area (Å²) in [4.78, 5) is 5.72. The van der Waals surface area contributed by atoms with Crippen LogP contribution in [0.25, 0.3) is 0 Å². The minimum Gasteiger partial charge on any atom is -0.396 e. The average molecular weight is 242 g/mol. The highest BCUT2D eigenvalue weighted by Gasteiger charge is 2.09. The van der Waals surface area contributed by atoms with E-state index >= 15 is 0 Å². The molecule has 0 radical (unpaired) electrons. The van der Waals surface area contributed by atoms with Gasteiger partial charge in [0.15, 0.2) is 5.13 Å². The molecule has 0 aliphatic heterocycles. The molecule has 0 spiro atoms. The number of thiazole rings is 1. The van der Waals surface area contributed by atoms with Crippen LogP contribution in [0.1, 0.15) is 36.8 Å². The molecule has 4 heteroatoms. The van der Waals surface area contributed by atoms with Crippen LogP contribution in [0.15, 0.2) is 0 Å². The van der Waals surface area contributed by atoms with Gasteiger partial charge in [-0.15, -0.1) is 11.3 Å². The summed E-state index contributed by atoms with van der Waals surface area (Å²) in [6.07, 6.45) is 3.21. The van der Waals surface area contributed by atoms with Gasteiger partial charge in [-0.2, -0.15) is 0 Å². The van der Waals surface area contributed by atoms with E-state index in [2.05, 4.69) is 24.1 Å². The van der Waals surface area contributed by atoms with E-state index in [1.54, 1.807) is 11.3 Å². The van der Waals surface area contributed by atoms with Crippen molar-refractivity contribution in [2.75, 3.05) is 18.5 Å². The van der Waals surface area contributed by atoms with Crippen LogP contribution < -0.4 is 5.32 Å². The van der Waals surface area contributed by atoms with E-state index in [0.717, 1.165) is 30.2 Å². The molecule has 0 aliphatic rings. The molecule has 1 rings (SSSR count). The van der Waals surface area contributed by atoms with Crippen molar-refractivity contribution >= 4 is 16.5 Å². The molecule has 1 aromatic rings. The van der Waals surface area contributed by atoms with Crippen molar-refractivity contribution in [2.45, 2.75) is 40.0 Å². The molecule has 0 aliphatic carbocycles. The summed E-state index contributed by atoms with van der Waals surface area (Å²) < 4.78 is 0. The molecule has 92 valence electrons. The lowest BCUT2D eigenvalue weighted by Crippen LogP contribution is -2.15. The summed E-state index contributed by atoms with van der Waals surface area (Å²) in [6, 6.07) is 0. The summed E-state index contributed by atoms with van der Waals surface area (Å²) in [5, 5.41) is 13.3. The molecule has 2 N–H and O–H groups in total. The second kappa shape index (κ2) is 6.86. The molecule has 3 nitrogen and oxygen atoms in total. The van der Waals surface area contributed by atoms with Crippen molar-refractivity contribution in [2.24, 2.45) is 5.92 Å². The first-order chi connectivity index (χ1) is 7.67. The fourth-order valence-electron chi connectivity index (χ4n) is 1.72. The topological polar surface area (TPSA) is 45.1 Å². The summed E-state index contributed by atoms with van der Waals surface area (Å²) in [5.74, 6) is 0.555. The van der Waals surface area contributed by atoms with Crippen LogP contribution in [-0.2, 0) is 0 Å². The Kier molecular flexibility index (Phi) is 5.77. The smallest absolute Gasteiger partial charge is 0.183 e. The first-order valence-corrected chi connectivity index (χ1v) is 6.77. The predicted molar refractivity (Wildman–Crippen MR) is 70.2 cm³/mol. The minimum atomic E-state index is 0.280. The summed E-state index contributed by atoms with van der Waals surface area (Å²) in [7, 11) is 0. The van der Waals surface area contributed by atoms with Gasteiger partial charge in [-0.25, -0.2) is 4.98 Å². The Bertz CT molecular complexity index is 286. The molecule has 1 unspecified atom stereocenters. The number of aliphatic hydroxyl groups excluding tert-OH is 1. The molecule has 0 bridgehead atoms. The van der Waals surface area contributed by atoms with Gasteiger partial charge >= 0.3 is 0 Å². The molecule has 0 saturated heterocycles. The van der Waals surface area contributed by atoms with Crippen molar-refractivity contribution in [1.29, 1.82) is 0 Å². The quantitative estimate of drug-likeness (QED) is 0.772. The zero-order valence-corrected chi connectivity index (χ0v) is 11.2. The Labute approximate surface area is 102 Å². The number of nitrogens with zero attached hydrogens (tertiary/aromatic N) is 1. The lowest BCUT2D eigenvalue weighted by Gasteiger charge is -2.14. The minimum absolute atomic E-state index is 0.280. The Morgan fingerprint density at radius 3 is 2.62 bits per heavy atom. The van der Waals surface area contributed by atoms with E-state index in [9.17, 15) is 0 Å². The molecule has 16 heavy (non-hydrogen) atoms. The highest BCUT2D eigenvalue weighted by Crippen LogP contribution is 2.22. The zero-order valence-electron chi connectivity index (χ0n) is 10.4. The van der Waals surface area contributed by atoms with E-state index in [1.165, 1.54) is 11.3 Å². The van der Waals surface area contributed by atoms with Gasteiger partial charge < -0.3 is 10.4 Å². The first kappa shape index (κ1) is 13.5. The van der Waals surface area contributed by atoms with Crippen LogP contribution in [0.5, 0.6) is 0 Å². The second-order valence-corrected chi connectivity index (χ2v) is 5.41. The zero-order chi connectivity index (χ0) is 12.0. The third-order valence-corrected chi connectivity index (χ3v) is 3.84. The predicted octanol–water partition coefficient (Wildman–Crippen LogP) is 2.97. The normalized spacial score (nSPS) is 12.8. The number of aryl methyl sites for hydroxylation is 2. The van der Waals surface area contributed by atoms with Crippen LogP contribution >= 0.6 is 11.3 Å². The van der Waals surface area contributed by atoms with Gasteiger partial charge in [-0.3, -0.25) is 0 Å². The van der Waals surface area contributed by atoms with Gasteiger partial charge in [0.25, 0.3) is 0 Å². The largest absolute Gasteiger partial charge is 0.396 e. The van der Waals surface area contributed by atoms with Crippen molar-refractivity contribution in [1.82, 2.24) is 4.98 Å². The first-order valence-electron chi connectivity index (χ1n) is 5.96. The second-order valence-electron chi connectivity index (χ2n) is 4.21. The van der Waals surface area contributed by atoms with Crippen molar-refractivity contribution < 1.29 is 5.11 Å². The fourth-order valence-corrected chi connectivity index (χ4v) is 2.54. The maximum Gasteiger partial charge on any atom is 0.183 e. The summed E-state index contributed by atoms with van der Waals surface area (Å²) in [6.45, 7) is 7.51. The van der Waals surface area contributed by atoms with Crippen molar-refractivity contribution in [3.63, 3.8) is 0 Å². The Balaban J connectivity index is 2.41. The summed E-state index contributed by atoms with van der Waals surface area (Å²) >= 11 is 1.71. The van der Waals surface area contributed by atoms with Crippen LogP contribution in [-0.4, -0.2) is 23.2 Å². The highest BCUT2D eigenvalue weighted by atomic mass is 32.1. The Morgan fingerprint density at radius 2 is 2.12 bits per heavy atom. The lowest BCUT2D eigenvalue weighted by atomic mass is 10.0. The van der Waals surface area contributed by atoms with Crippen LogP contribution in [0.2, 0.25) is 0 Å². The van der Waals surface area contributed by atoms with Crippen molar-refractivity contribution in [3.8, 4) is 0 Å². The van der Waals surface area contributed by atoms with Gasteiger partial charge in [-0.1, -0.05) is 13.3 Å². The summed E-state index contributed by atoms with van der Waals surface area (Å²) in [5.41, 5.74) is 1.11. The van der Waals surface area contributed by atoms with E-state index in [4.69, 9.17) is 5.11 Å². The number of hydrogen-bond acceptors (Lipinski definition) is 4. The highest BCUT2D eigenvalue weighted by molar-refractivity contribution is 7.15. The third-order valence-electron chi connectivity index (χ3n) is 2.80. The SMILES string of the molecule is CCCC(CCO)CNc1nc(C)c(C)s1. The molecule has 1 aromatic heterocycles. The number of nitrogens with one attached hydrogen (secondary N) is 1. The van der Waals surface area contributed by atoms with Gasteiger partial charge in [0, 0.05) is 18.0 Å². The third kappa shape index (κ3) is 4.10. The van der Waals surface area contributed by atoms with E-state index in [0.29, 0.717) is 5.92 Å². The van der Waals surface area contributed by atoms with Gasteiger partial charge in [0.05, 0.1) is 5.69 Å². The standard InChI is InChI=1S/C12H22N2OS/c1-4-5-11(6-7-15)8-13-12-14-9(2)10(3)16-12/h11,15H,4-8H2,1-3H3,(H,13,14). The van der Waals surface area contributed by atoms with Crippen LogP contribution in [0.4, 0.5) is 5.13 Å². The van der Waals surface area contributed by atoms with E-state index in [1.807, 2.05) is 6.92 Å². The molecule has 1 atom stereocenters. The Morgan fingerprint density at radius 1 is 1.38 bits per heavy atom. The molecule has 0 saturated carbocycles. The number of anilines is 1. The van der Waals surface area contributed by atoms with E-state index < -0.39 is 0 Å². The van der Waals surface area contributed by atoms with Crippen LogP contribution in [0.3, 0.4) is 0 Å². The number of aromatic nitrogens is 1.